The van der Waals surface area contributed by atoms with Crippen LogP contribution in [0.25, 0.3) is 11.5 Å². The van der Waals surface area contributed by atoms with Crippen molar-refractivity contribution in [2.24, 2.45) is 4.99 Å². The van der Waals surface area contributed by atoms with Crippen molar-refractivity contribution >= 4 is 11.9 Å². The van der Waals surface area contributed by atoms with Crippen LogP contribution in [0.15, 0.2) is 70.3 Å². The van der Waals surface area contributed by atoms with E-state index < -0.39 is 0 Å². The standard InChI is InChI=1S/C24H29N5O2/c1-4-17(2)28-22(30)19-12-10-18(11-13-19)14-26-24(25-3)27-15-21-16-31-23(29-21)20-8-6-5-7-9-20/h5-13,16-17H,4,14-15H2,1-3H3,(H,28,30)(H2,25,26,27). The van der Waals surface area contributed by atoms with Crippen LogP contribution in [0.1, 0.15) is 41.9 Å². The predicted molar refractivity (Wildman–Crippen MR) is 123 cm³/mol. The van der Waals surface area contributed by atoms with E-state index in [0.29, 0.717) is 30.5 Å². The predicted octanol–water partition coefficient (Wildman–Crippen LogP) is 3.74. The number of carbonyl (C=O) groups is 1. The minimum atomic E-state index is -0.0474. The third-order valence-electron chi connectivity index (χ3n) is 4.90. The highest BCUT2D eigenvalue weighted by Gasteiger charge is 2.09. The molecular formula is C24H29N5O2. The largest absolute Gasteiger partial charge is 0.444 e. The minimum absolute atomic E-state index is 0.0474. The van der Waals surface area contributed by atoms with Gasteiger partial charge in [-0.1, -0.05) is 37.3 Å². The number of amides is 1. The topological polar surface area (TPSA) is 91.5 Å². The van der Waals surface area contributed by atoms with Gasteiger partial charge < -0.3 is 20.4 Å². The monoisotopic (exact) mass is 419 g/mol. The van der Waals surface area contributed by atoms with Gasteiger partial charge in [0, 0.05) is 30.8 Å². The van der Waals surface area contributed by atoms with E-state index >= 15 is 0 Å². The van der Waals surface area contributed by atoms with E-state index in [0.717, 1.165) is 23.2 Å². The zero-order chi connectivity index (χ0) is 22.1. The molecule has 0 saturated carbocycles. The minimum Gasteiger partial charge on any atom is -0.444 e. The number of aliphatic imine (C=N–C) groups is 1. The summed E-state index contributed by atoms with van der Waals surface area (Å²) in [6.07, 6.45) is 2.55. The summed E-state index contributed by atoms with van der Waals surface area (Å²) in [5, 5.41) is 9.47. The van der Waals surface area contributed by atoms with Crippen molar-refractivity contribution in [3.63, 3.8) is 0 Å². The average Bonchev–Trinajstić information content (AvgIpc) is 3.29. The molecule has 2 aromatic carbocycles. The lowest BCUT2D eigenvalue weighted by atomic mass is 10.1. The Morgan fingerprint density at radius 1 is 1.06 bits per heavy atom. The van der Waals surface area contributed by atoms with Gasteiger partial charge in [0.2, 0.25) is 5.89 Å². The highest BCUT2D eigenvalue weighted by atomic mass is 16.3. The molecule has 1 aromatic heterocycles. The van der Waals surface area contributed by atoms with E-state index in [2.05, 4.69) is 25.9 Å². The first-order valence-electron chi connectivity index (χ1n) is 10.4. The van der Waals surface area contributed by atoms with Gasteiger partial charge in [-0.25, -0.2) is 4.98 Å². The molecule has 0 radical (unpaired) electrons. The molecule has 1 atom stereocenters. The Bertz CT molecular complexity index is 996. The summed E-state index contributed by atoms with van der Waals surface area (Å²) in [4.78, 5) is 20.9. The Balaban J connectivity index is 1.48. The van der Waals surface area contributed by atoms with Crippen molar-refractivity contribution < 1.29 is 9.21 Å². The first-order valence-corrected chi connectivity index (χ1v) is 10.4. The van der Waals surface area contributed by atoms with Gasteiger partial charge in [0.1, 0.15) is 6.26 Å². The van der Waals surface area contributed by atoms with Crippen LogP contribution in [0.3, 0.4) is 0 Å². The number of nitrogens with one attached hydrogen (secondary N) is 3. The van der Waals surface area contributed by atoms with Gasteiger partial charge in [-0.3, -0.25) is 9.79 Å². The quantitative estimate of drug-likeness (QED) is 0.382. The second-order valence-electron chi connectivity index (χ2n) is 7.27. The summed E-state index contributed by atoms with van der Waals surface area (Å²) < 4.78 is 5.56. The third kappa shape index (κ3) is 6.44. The Morgan fingerprint density at radius 3 is 2.45 bits per heavy atom. The molecule has 1 heterocycles. The fourth-order valence-electron chi connectivity index (χ4n) is 2.87. The number of hydrogen-bond donors (Lipinski definition) is 3. The molecule has 31 heavy (non-hydrogen) atoms. The van der Waals surface area contributed by atoms with Crippen LogP contribution in [0.2, 0.25) is 0 Å². The maximum absolute atomic E-state index is 12.2. The summed E-state index contributed by atoms with van der Waals surface area (Å²) >= 11 is 0. The zero-order valence-corrected chi connectivity index (χ0v) is 18.2. The van der Waals surface area contributed by atoms with E-state index in [9.17, 15) is 4.79 Å². The van der Waals surface area contributed by atoms with Gasteiger partial charge in [-0.2, -0.15) is 0 Å². The van der Waals surface area contributed by atoms with E-state index in [-0.39, 0.29) is 11.9 Å². The SMILES string of the molecule is CCC(C)NC(=O)c1ccc(CNC(=NC)NCc2coc(-c3ccccc3)n2)cc1. The maximum Gasteiger partial charge on any atom is 0.251 e. The Labute approximate surface area is 183 Å². The number of aromatic nitrogens is 1. The van der Waals surface area contributed by atoms with Crippen LogP contribution in [0.5, 0.6) is 0 Å². The molecule has 3 N–H and O–H groups in total. The van der Waals surface area contributed by atoms with Crippen molar-refractivity contribution in [3.05, 3.63) is 77.7 Å². The molecule has 0 fully saturated rings. The van der Waals surface area contributed by atoms with Crippen molar-refractivity contribution in [1.29, 1.82) is 0 Å². The van der Waals surface area contributed by atoms with Gasteiger partial charge >= 0.3 is 0 Å². The molecule has 0 spiro atoms. The molecule has 1 unspecified atom stereocenters. The highest BCUT2D eigenvalue weighted by molar-refractivity contribution is 5.94. The molecule has 1 amide bonds. The lowest BCUT2D eigenvalue weighted by molar-refractivity contribution is 0.0939. The molecule has 7 heteroatoms. The molecule has 162 valence electrons. The van der Waals surface area contributed by atoms with E-state index in [4.69, 9.17) is 4.42 Å². The molecule has 0 aliphatic rings. The van der Waals surface area contributed by atoms with Gasteiger partial charge in [-0.15, -0.1) is 0 Å². The molecule has 0 bridgehead atoms. The number of carbonyl (C=O) groups excluding carboxylic acids is 1. The van der Waals surface area contributed by atoms with Gasteiger partial charge in [0.15, 0.2) is 5.96 Å². The van der Waals surface area contributed by atoms with Crippen LogP contribution in [-0.2, 0) is 13.1 Å². The highest BCUT2D eigenvalue weighted by Crippen LogP contribution is 2.17. The first kappa shape index (κ1) is 22.1. The molecule has 0 aliphatic heterocycles. The molecule has 3 rings (SSSR count). The molecule has 0 saturated heterocycles. The van der Waals surface area contributed by atoms with Gasteiger partial charge in [-0.05, 0) is 43.2 Å². The maximum atomic E-state index is 12.2. The molecule has 7 nitrogen and oxygen atoms in total. The number of hydrogen-bond acceptors (Lipinski definition) is 4. The lowest BCUT2D eigenvalue weighted by Crippen LogP contribution is -2.36. The fourth-order valence-corrected chi connectivity index (χ4v) is 2.87. The molecule has 3 aromatic rings. The fraction of sp³-hybridized carbons (Fsp3) is 0.292. The van der Waals surface area contributed by atoms with Crippen LogP contribution in [-0.4, -0.2) is 29.9 Å². The normalized spacial score (nSPS) is 12.3. The molecule has 0 aliphatic carbocycles. The third-order valence-corrected chi connectivity index (χ3v) is 4.90. The zero-order valence-electron chi connectivity index (χ0n) is 18.2. The Hall–Kier alpha value is -3.61. The van der Waals surface area contributed by atoms with E-state index in [1.54, 1.807) is 13.3 Å². The number of nitrogens with zero attached hydrogens (tertiary/aromatic N) is 2. The van der Waals surface area contributed by atoms with Gasteiger partial charge in [0.05, 0.1) is 12.2 Å². The Kier molecular flexibility index (Phi) is 7.81. The summed E-state index contributed by atoms with van der Waals surface area (Å²) in [5.74, 6) is 1.20. The number of rotatable bonds is 8. The summed E-state index contributed by atoms with van der Waals surface area (Å²) in [5.41, 5.74) is 3.44. The van der Waals surface area contributed by atoms with Gasteiger partial charge in [0.25, 0.3) is 5.91 Å². The molecular weight excluding hydrogens is 390 g/mol. The second kappa shape index (κ2) is 11.0. The smallest absolute Gasteiger partial charge is 0.251 e. The number of benzene rings is 2. The van der Waals surface area contributed by atoms with E-state index in [1.165, 1.54) is 0 Å². The van der Waals surface area contributed by atoms with Crippen LogP contribution >= 0.6 is 0 Å². The van der Waals surface area contributed by atoms with Crippen LogP contribution in [0, 0.1) is 0 Å². The summed E-state index contributed by atoms with van der Waals surface area (Å²) in [6, 6.07) is 17.5. The van der Waals surface area contributed by atoms with Crippen molar-refractivity contribution in [3.8, 4) is 11.5 Å². The lowest BCUT2D eigenvalue weighted by Gasteiger charge is -2.13. The second-order valence-corrected chi connectivity index (χ2v) is 7.27. The summed E-state index contributed by atoms with van der Waals surface area (Å²) in [7, 11) is 1.72. The number of oxazole rings is 1. The first-order chi connectivity index (χ1) is 15.1. The summed E-state index contributed by atoms with van der Waals surface area (Å²) in [6.45, 7) is 5.12. The van der Waals surface area contributed by atoms with Crippen molar-refractivity contribution in [2.45, 2.75) is 39.4 Å². The van der Waals surface area contributed by atoms with Crippen molar-refractivity contribution in [1.82, 2.24) is 20.9 Å². The van der Waals surface area contributed by atoms with Crippen LogP contribution in [0.4, 0.5) is 0 Å². The van der Waals surface area contributed by atoms with Crippen LogP contribution < -0.4 is 16.0 Å². The number of guanidine groups is 1. The average molecular weight is 420 g/mol. The van der Waals surface area contributed by atoms with Crippen molar-refractivity contribution in [2.75, 3.05) is 7.05 Å². The Morgan fingerprint density at radius 2 is 1.77 bits per heavy atom. The van der Waals surface area contributed by atoms with E-state index in [1.807, 2.05) is 68.4 Å².